The molecule has 4 heteroatoms. The third kappa shape index (κ3) is 6.86. The first kappa shape index (κ1) is 13.4. The van der Waals surface area contributed by atoms with Crippen LogP contribution in [0.4, 0.5) is 0 Å². The van der Waals surface area contributed by atoms with E-state index in [-0.39, 0.29) is 5.97 Å². The highest BCUT2D eigenvalue weighted by Gasteiger charge is 2.21. The Morgan fingerprint density at radius 1 is 1.36 bits per heavy atom. The predicted molar refractivity (Wildman–Crippen MR) is 56.7 cm³/mol. The van der Waals surface area contributed by atoms with Crippen molar-refractivity contribution in [3.63, 3.8) is 0 Å². The van der Waals surface area contributed by atoms with Gasteiger partial charge in [0.05, 0.1) is 0 Å². The normalized spacial score (nSPS) is 13.8. The predicted octanol–water partition coefficient (Wildman–Crippen LogP) is 0.784. The van der Waals surface area contributed by atoms with Crippen LogP contribution in [0.25, 0.3) is 0 Å². The molecule has 0 rings (SSSR count). The molecule has 0 saturated heterocycles. The molecule has 0 saturated carbocycles. The summed E-state index contributed by atoms with van der Waals surface area (Å²) < 4.78 is 5.13. The van der Waals surface area contributed by atoms with Crippen molar-refractivity contribution in [2.24, 2.45) is 11.5 Å². The second-order valence-electron chi connectivity index (χ2n) is 4.42. The smallest absolute Gasteiger partial charge is 0.323 e. The van der Waals surface area contributed by atoms with Crippen molar-refractivity contribution in [3.8, 4) is 0 Å². The third-order valence-electron chi connectivity index (χ3n) is 1.68. The van der Waals surface area contributed by atoms with E-state index in [4.69, 9.17) is 16.2 Å². The Labute approximate surface area is 86.0 Å². The number of carbonyl (C=O) groups is 1. The molecule has 0 aromatic rings. The average molecular weight is 204 g/mol. The minimum atomic E-state index is -0.513. The third-order valence-corrected chi connectivity index (χ3v) is 1.68. The highest BCUT2D eigenvalue weighted by atomic mass is 16.6. The molecule has 0 aromatic heterocycles. The van der Waals surface area contributed by atoms with Gasteiger partial charge in [-0.2, -0.15) is 0 Å². The molecule has 0 heterocycles. The number of ether oxygens (including phenoxy) is 1. The van der Waals surface area contributed by atoms with Crippen LogP contribution in [-0.4, -0.2) is 24.2 Å². The first-order valence-corrected chi connectivity index (χ1v) is 5.05. The fourth-order valence-corrected chi connectivity index (χ4v) is 1.00. The van der Waals surface area contributed by atoms with Gasteiger partial charge in [0.1, 0.15) is 11.6 Å². The van der Waals surface area contributed by atoms with Gasteiger partial charge in [0.2, 0.25) is 0 Å². The zero-order valence-electron chi connectivity index (χ0n) is 9.38. The first-order chi connectivity index (χ1) is 6.37. The second kappa shape index (κ2) is 5.98. The van der Waals surface area contributed by atoms with Gasteiger partial charge in [-0.15, -0.1) is 0 Å². The molecule has 1 atom stereocenters. The quantitative estimate of drug-likeness (QED) is 0.300. The molecule has 0 fully saturated rings. The number of hydrogen-bond acceptors (Lipinski definition) is 4. The minimum absolute atomic E-state index is 0.325. The average Bonchev–Trinajstić information content (AvgIpc) is 2.01. The lowest BCUT2D eigenvalue weighted by atomic mass is 10.1. The Hall–Kier alpha value is -0.610. The molecular formula is C10H22N2O2. The molecule has 0 radical (unpaired) electrons. The molecule has 4 nitrogen and oxygen atoms in total. The zero-order valence-corrected chi connectivity index (χ0v) is 9.38. The molecule has 4 N–H and O–H groups in total. The topological polar surface area (TPSA) is 78.3 Å². The van der Waals surface area contributed by atoms with Crippen molar-refractivity contribution in [2.45, 2.75) is 51.7 Å². The van der Waals surface area contributed by atoms with Crippen LogP contribution in [0.1, 0.15) is 40.0 Å². The van der Waals surface area contributed by atoms with Crippen molar-refractivity contribution in [1.29, 1.82) is 0 Å². The van der Waals surface area contributed by atoms with Crippen molar-refractivity contribution >= 4 is 5.97 Å². The van der Waals surface area contributed by atoms with Gasteiger partial charge in [-0.25, -0.2) is 0 Å². The lowest BCUT2D eigenvalue weighted by molar-refractivity contribution is -0.156. The van der Waals surface area contributed by atoms with Crippen molar-refractivity contribution < 1.29 is 9.53 Å². The van der Waals surface area contributed by atoms with Gasteiger partial charge >= 0.3 is 5.97 Å². The van der Waals surface area contributed by atoms with Crippen molar-refractivity contribution in [1.82, 2.24) is 0 Å². The summed E-state index contributed by atoms with van der Waals surface area (Å²) >= 11 is 0. The van der Waals surface area contributed by atoms with E-state index in [1.165, 1.54) is 0 Å². The second-order valence-corrected chi connectivity index (χ2v) is 4.42. The van der Waals surface area contributed by atoms with E-state index in [0.717, 1.165) is 12.8 Å². The SMILES string of the molecule is CC(C)(C)OC(=O)C(N)CCC[13CH2][15NH2]. The highest BCUT2D eigenvalue weighted by Crippen LogP contribution is 2.09. The maximum atomic E-state index is 11.4. The summed E-state index contributed by atoms with van der Waals surface area (Å²) in [6.07, 6.45) is 2.42. The molecular weight excluding hydrogens is 182 g/mol. The summed E-state index contributed by atoms with van der Waals surface area (Å²) in [6.45, 7) is 6.13. The van der Waals surface area contributed by atoms with E-state index in [1.807, 2.05) is 20.8 Å². The van der Waals surface area contributed by atoms with Gasteiger partial charge in [0.25, 0.3) is 0 Å². The Bertz CT molecular complexity index is 175. The first-order valence-electron chi connectivity index (χ1n) is 5.05. The van der Waals surface area contributed by atoms with Crippen LogP contribution in [0.3, 0.4) is 0 Å². The summed E-state index contributed by atoms with van der Waals surface area (Å²) in [6, 6.07) is -0.513. The van der Waals surface area contributed by atoms with E-state index in [0.29, 0.717) is 13.0 Å². The van der Waals surface area contributed by atoms with Crippen LogP contribution >= 0.6 is 0 Å². The van der Waals surface area contributed by atoms with Crippen LogP contribution in [-0.2, 0) is 9.53 Å². The molecule has 0 spiro atoms. The van der Waals surface area contributed by atoms with Crippen LogP contribution in [0.15, 0.2) is 0 Å². The molecule has 0 amide bonds. The number of rotatable bonds is 5. The van der Waals surface area contributed by atoms with Crippen LogP contribution in [0.2, 0.25) is 0 Å². The maximum absolute atomic E-state index is 11.4. The van der Waals surface area contributed by atoms with Gasteiger partial charge in [0.15, 0.2) is 0 Å². The Morgan fingerprint density at radius 2 is 1.93 bits per heavy atom. The van der Waals surface area contributed by atoms with Crippen LogP contribution < -0.4 is 11.5 Å². The Kier molecular flexibility index (Phi) is 5.72. The summed E-state index contributed by atoms with van der Waals surface area (Å²) in [5.41, 5.74) is 10.5. The Morgan fingerprint density at radius 3 is 2.36 bits per heavy atom. The fraction of sp³-hybridized carbons (Fsp3) is 0.900. The molecule has 0 aliphatic rings. The standard InChI is InChI=1S/C10H22N2O2/c1-10(2,3)14-9(13)8(12)6-4-5-7-11/h8H,4-7,11-12H2,1-3H3/i7+1,11+1. The molecule has 1 unspecified atom stereocenters. The van der Waals surface area contributed by atoms with Gasteiger partial charge in [-0.1, -0.05) is 6.42 Å². The van der Waals surface area contributed by atoms with Crippen LogP contribution in [0, 0.1) is 0 Å². The lowest BCUT2D eigenvalue weighted by Gasteiger charge is -2.22. The van der Waals surface area contributed by atoms with E-state index >= 15 is 0 Å². The fourth-order valence-electron chi connectivity index (χ4n) is 1.00. The van der Waals surface area contributed by atoms with Gasteiger partial charge in [-0.05, 0) is 40.2 Å². The molecule has 0 aromatic carbocycles. The monoisotopic (exact) mass is 204 g/mol. The van der Waals surface area contributed by atoms with Gasteiger partial charge in [0, 0.05) is 0 Å². The van der Waals surface area contributed by atoms with Crippen LogP contribution in [0.5, 0.6) is 0 Å². The largest absolute Gasteiger partial charge is 0.459 e. The van der Waals surface area contributed by atoms with Crippen molar-refractivity contribution in [2.75, 3.05) is 6.54 Å². The van der Waals surface area contributed by atoms with E-state index in [9.17, 15) is 4.79 Å². The minimum Gasteiger partial charge on any atom is -0.459 e. The van der Waals surface area contributed by atoms with E-state index in [2.05, 4.69) is 0 Å². The summed E-state index contributed by atoms with van der Waals surface area (Å²) in [7, 11) is 0. The number of nitrogens with two attached hydrogens (primary N) is 2. The summed E-state index contributed by atoms with van der Waals surface area (Å²) in [5, 5.41) is 0. The molecule has 14 heavy (non-hydrogen) atoms. The Balaban J connectivity index is 3.77. The lowest BCUT2D eigenvalue weighted by Crippen LogP contribution is -2.37. The molecule has 0 aliphatic carbocycles. The van der Waals surface area contributed by atoms with E-state index < -0.39 is 11.6 Å². The van der Waals surface area contributed by atoms with Gasteiger partial charge in [-0.3, -0.25) is 4.79 Å². The van der Waals surface area contributed by atoms with Gasteiger partial charge < -0.3 is 16.2 Å². The molecule has 0 bridgehead atoms. The maximum Gasteiger partial charge on any atom is 0.323 e. The number of carbonyl (C=O) groups excluding carboxylic acids is 1. The summed E-state index contributed by atoms with van der Waals surface area (Å²) in [4.78, 5) is 11.4. The molecule has 0 aliphatic heterocycles. The number of esters is 1. The molecule has 84 valence electrons. The zero-order chi connectivity index (χ0) is 11.2. The highest BCUT2D eigenvalue weighted by molar-refractivity contribution is 5.75. The number of unbranched alkanes of at least 4 members (excludes halogenated alkanes) is 1. The number of hydrogen-bond donors (Lipinski definition) is 2. The van der Waals surface area contributed by atoms with E-state index in [1.54, 1.807) is 0 Å². The summed E-state index contributed by atoms with van der Waals surface area (Å²) in [5.74, 6) is -0.325. The van der Waals surface area contributed by atoms with Crippen molar-refractivity contribution in [3.05, 3.63) is 0 Å².